The van der Waals surface area contributed by atoms with Gasteiger partial charge in [0.2, 0.25) is 5.91 Å². The first kappa shape index (κ1) is 15.2. The summed E-state index contributed by atoms with van der Waals surface area (Å²) in [4.78, 5) is 24.2. The van der Waals surface area contributed by atoms with Crippen LogP contribution in [-0.4, -0.2) is 28.9 Å². The summed E-state index contributed by atoms with van der Waals surface area (Å²) >= 11 is 0. The van der Waals surface area contributed by atoms with E-state index < -0.39 is 11.9 Å². The zero-order chi connectivity index (χ0) is 14.7. The van der Waals surface area contributed by atoms with Gasteiger partial charge in [-0.05, 0) is 44.4 Å². The molecule has 1 rings (SSSR count). The predicted octanol–water partition coefficient (Wildman–Crippen LogP) is 2.29. The Labute approximate surface area is 114 Å². The molecular weight excluding hydrogens is 242 g/mol. The summed E-state index contributed by atoms with van der Waals surface area (Å²) < 4.78 is 0. The van der Waals surface area contributed by atoms with Gasteiger partial charge in [-0.2, -0.15) is 0 Å². The quantitative estimate of drug-likeness (QED) is 0.848. The highest BCUT2D eigenvalue weighted by atomic mass is 16.4. The molecule has 19 heavy (non-hydrogen) atoms. The molecule has 1 aromatic rings. The number of carboxylic acid groups (broad SMARTS) is 1. The zero-order valence-corrected chi connectivity index (χ0v) is 12.2. The number of aliphatic carboxylic acids is 1. The Balaban J connectivity index is 2.91. The topological polar surface area (TPSA) is 57.6 Å². The van der Waals surface area contributed by atoms with E-state index in [4.69, 9.17) is 5.11 Å². The molecule has 0 aromatic heterocycles. The van der Waals surface area contributed by atoms with E-state index in [9.17, 15) is 9.59 Å². The van der Waals surface area contributed by atoms with E-state index in [-0.39, 0.29) is 5.91 Å². The molecule has 1 amide bonds. The fourth-order valence-corrected chi connectivity index (χ4v) is 2.21. The van der Waals surface area contributed by atoms with Crippen LogP contribution in [0.3, 0.4) is 0 Å². The lowest BCUT2D eigenvalue weighted by molar-refractivity contribution is -0.149. The van der Waals surface area contributed by atoms with E-state index in [1.54, 1.807) is 7.05 Å². The van der Waals surface area contributed by atoms with Gasteiger partial charge in [0.1, 0.15) is 5.92 Å². The van der Waals surface area contributed by atoms with Gasteiger partial charge >= 0.3 is 5.97 Å². The Bertz CT molecular complexity index is 485. The van der Waals surface area contributed by atoms with Crippen molar-refractivity contribution in [3.63, 3.8) is 0 Å². The number of carboxylic acids is 1. The molecule has 0 saturated carbocycles. The molecule has 0 fully saturated rings. The predicted molar refractivity (Wildman–Crippen MR) is 73.9 cm³/mol. The van der Waals surface area contributed by atoms with Gasteiger partial charge < -0.3 is 10.0 Å². The Kier molecular flexibility index (Phi) is 4.70. The number of carbonyl (C=O) groups is 2. The third-order valence-corrected chi connectivity index (χ3v) is 3.35. The van der Waals surface area contributed by atoms with Crippen molar-refractivity contribution in [2.45, 2.75) is 34.2 Å². The van der Waals surface area contributed by atoms with Crippen molar-refractivity contribution in [2.75, 3.05) is 7.05 Å². The minimum Gasteiger partial charge on any atom is -0.481 e. The Morgan fingerprint density at radius 1 is 1.21 bits per heavy atom. The van der Waals surface area contributed by atoms with Crippen molar-refractivity contribution in [2.24, 2.45) is 5.92 Å². The number of carbonyl (C=O) groups excluding carboxylic acids is 1. The molecular formula is C15H21NO3. The van der Waals surface area contributed by atoms with E-state index >= 15 is 0 Å². The summed E-state index contributed by atoms with van der Waals surface area (Å²) in [5.41, 5.74) is 4.52. The van der Waals surface area contributed by atoms with E-state index in [1.165, 1.54) is 17.4 Å². The summed E-state index contributed by atoms with van der Waals surface area (Å²) in [6.45, 7) is 7.90. The summed E-state index contributed by atoms with van der Waals surface area (Å²) in [5.74, 6) is -2.46. The smallest absolute Gasteiger partial charge is 0.315 e. The number of benzene rings is 1. The molecule has 4 nitrogen and oxygen atoms in total. The van der Waals surface area contributed by atoms with Gasteiger partial charge in [-0.15, -0.1) is 0 Å². The van der Waals surface area contributed by atoms with Crippen molar-refractivity contribution in [3.8, 4) is 0 Å². The van der Waals surface area contributed by atoms with Crippen LogP contribution in [0.15, 0.2) is 12.1 Å². The molecule has 1 unspecified atom stereocenters. The fraction of sp³-hybridized carbons (Fsp3) is 0.467. The van der Waals surface area contributed by atoms with Gasteiger partial charge in [0.05, 0.1) is 0 Å². The third kappa shape index (κ3) is 3.56. The Morgan fingerprint density at radius 3 is 2.11 bits per heavy atom. The maximum Gasteiger partial charge on any atom is 0.315 e. The van der Waals surface area contributed by atoms with Crippen LogP contribution in [0.2, 0.25) is 0 Å². The van der Waals surface area contributed by atoms with Crippen LogP contribution in [-0.2, 0) is 16.1 Å². The molecule has 0 spiro atoms. The highest BCUT2D eigenvalue weighted by molar-refractivity contribution is 5.96. The number of rotatable bonds is 4. The zero-order valence-electron chi connectivity index (χ0n) is 12.2. The molecule has 0 aliphatic heterocycles. The number of aryl methyl sites for hydroxylation is 3. The summed E-state index contributed by atoms with van der Waals surface area (Å²) in [7, 11) is 1.64. The minimum absolute atomic E-state index is 0.369. The van der Waals surface area contributed by atoms with Crippen molar-refractivity contribution < 1.29 is 14.7 Å². The molecule has 1 atom stereocenters. The SMILES string of the molecule is Cc1cc(C)c(CN(C)C(=O)C(C)C(=O)O)c(C)c1. The van der Waals surface area contributed by atoms with E-state index in [2.05, 4.69) is 12.1 Å². The first-order valence-corrected chi connectivity index (χ1v) is 6.28. The molecule has 0 aliphatic rings. The van der Waals surface area contributed by atoms with Gasteiger partial charge in [0, 0.05) is 13.6 Å². The van der Waals surface area contributed by atoms with Crippen LogP contribution in [0, 0.1) is 26.7 Å². The average Bonchev–Trinajstić information content (AvgIpc) is 2.31. The van der Waals surface area contributed by atoms with E-state index in [0.717, 1.165) is 16.7 Å². The summed E-state index contributed by atoms with van der Waals surface area (Å²) in [6.07, 6.45) is 0. The highest BCUT2D eigenvalue weighted by Gasteiger charge is 2.24. The maximum atomic E-state index is 11.9. The van der Waals surface area contributed by atoms with Gasteiger partial charge in [-0.25, -0.2) is 0 Å². The van der Waals surface area contributed by atoms with Gasteiger partial charge in [0.25, 0.3) is 0 Å². The molecule has 0 radical (unpaired) electrons. The lowest BCUT2D eigenvalue weighted by atomic mass is 9.99. The van der Waals surface area contributed by atoms with Crippen molar-refractivity contribution >= 4 is 11.9 Å². The molecule has 1 aromatic carbocycles. The summed E-state index contributed by atoms with van der Waals surface area (Å²) in [5, 5.41) is 8.87. The largest absolute Gasteiger partial charge is 0.481 e. The minimum atomic E-state index is -1.09. The maximum absolute atomic E-state index is 11.9. The first-order valence-electron chi connectivity index (χ1n) is 6.28. The van der Waals surface area contributed by atoms with Crippen LogP contribution in [0.5, 0.6) is 0 Å². The van der Waals surface area contributed by atoms with Crippen molar-refractivity contribution in [1.29, 1.82) is 0 Å². The molecule has 4 heteroatoms. The average molecular weight is 263 g/mol. The summed E-state index contributed by atoms with van der Waals surface area (Å²) in [6, 6.07) is 4.14. The van der Waals surface area contributed by atoms with E-state index in [1.807, 2.05) is 20.8 Å². The molecule has 0 aliphatic carbocycles. The molecule has 0 saturated heterocycles. The standard InChI is InChI=1S/C15H21NO3/c1-9-6-10(2)13(11(3)7-9)8-16(5)14(17)12(4)15(18)19/h6-7,12H,8H2,1-5H3,(H,18,19). The normalized spacial score (nSPS) is 12.1. The van der Waals surface area contributed by atoms with Crippen molar-refractivity contribution in [1.82, 2.24) is 4.90 Å². The Morgan fingerprint density at radius 2 is 1.68 bits per heavy atom. The highest BCUT2D eigenvalue weighted by Crippen LogP contribution is 2.18. The number of hydrogen-bond acceptors (Lipinski definition) is 2. The second kappa shape index (κ2) is 5.87. The third-order valence-electron chi connectivity index (χ3n) is 3.35. The number of hydrogen-bond donors (Lipinski definition) is 1. The van der Waals surface area contributed by atoms with Crippen LogP contribution in [0.4, 0.5) is 0 Å². The molecule has 0 heterocycles. The second-order valence-corrected chi connectivity index (χ2v) is 5.13. The number of nitrogens with zero attached hydrogens (tertiary/aromatic N) is 1. The second-order valence-electron chi connectivity index (χ2n) is 5.13. The molecule has 0 bridgehead atoms. The van der Waals surface area contributed by atoms with Crippen LogP contribution >= 0.6 is 0 Å². The van der Waals surface area contributed by atoms with Gasteiger partial charge in [-0.1, -0.05) is 17.7 Å². The van der Waals surface area contributed by atoms with Gasteiger partial charge in [-0.3, -0.25) is 9.59 Å². The molecule has 1 N–H and O–H groups in total. The number of amides is 1. The monoisotopic (exact) mass is 263 g/mol. The lowest BCUT2D eigenvalue weighted by Gasteiger charge is -2.22. The van der Waals surface area contributed by atoms with Crippen LogP contribution in [0.1, 0.15) is 29.2 Å². The fourth-order valence-electron chi connectivity index (χ4n) is 2.21. The van der Waals surface area contributed by atoms with Gasteiger partial charge in [0.15, 0.2) is 0 Å². The first-order chi connectivity index (χ1) is 8.73. The van der Waals surface area contributed by atoms with Crippen LogP contribution in [0.25, 0.3) is 0 Å². The van der Waals surface area contributed by atoms with E-state index in [0.29, 0.717) is 6.54 Å². The Hall–Kier alpha value is -1.84. The van der Waals surface area contributed by atoms with Crippen LogP contribution < -0.4 is 0 Å². The van der Waals surface area contributed by atoms with Crippen molar-refractivity contribution in [3.05, 3.63) is 34.4 Å². The molecule has 104 valence electrons. The lowest BCUT2D eigenvalue weighted by Crippen LogP contribution is -2.35.